The molecule has 3 aromatic rings. The summed E-state index contributed by atoms with van der Waals surface area (Å²) in [6.07, 6.45) is 3.19. The molecule has 0 aliphatic carbocycles. The molecular formula is C18H15N5O4. The number of rotatable bonds is 5. The van der Waals surface area contributed by atoms with Crippen molar-refractivity contribution in [1.29, 1.82) is 0 Å². The van der Waals surface area contributed by atoms with Crippen molar-refractivity contribution in [2.24, 2.45) is 0 Å². The molecule has 1 aromatic carbocycles. The number of nitrogens with zero attached hydrogens (tertiary/aromatic N) is 4. The van der Waals surface area contributed by atoms with E-state index in [9.17, 15) is 19.7 Å². The van der Waals surface area contributed by atoms with Gasteiger partial charge in [-0.3, -0.25) is 24.7 Å². The number of para-hydroxylation sites is 1. The van der Waals surface area contributed by atoms with Gasteiger partial charge in [0.2, 0.25) is 5.91 Å². The van der Waals surface area contributed by atoms with Crippen LogP contribution in [0.4, 0.5) is 11.4 Å². The molecule has 136 valence electrons. The van der Waals surface area contributed by atoms with Crippen LogP contribution in [0.3, 0.4) is 0 Å². The Labute approximate surface area is 153 Å². The van der Waals surface area contributed by atoms with E-state index < -0.39 is 16.4 Å². The standard InChI is InChI=1S/C18H15N5O4/c1-12-3-2-4-15(23(26)27)18(12)20-16(24)11-22-17(25)6-5-14(21-22)13-7-9-19-10-8-13/h2-10H,11H2,1H3,(H,20,24). The molecule has 0 saturated heterocycles. The Morgan fingerprint density at radius 2 is 1.93 bits per heavy atom. The molecule has 1 N–H and O–H groups in total. The molecule has 27 heavy (non-hydrogen) atoms. The average Bonchev–Trinajstić information content (AvgIpc) is 2.65. The molecule has 1 amide bonds. The minimum Gasteiger partial charge on any atom is -0.319 e. The zero-order valence-electron chi connectivity index (χ0n) is 14.3. The van der Waals surface area contributed by atoms with E-state index in [-0.39, 0.29) is 17.9 Å². The number of aryl methyl sites for hydroxylation is 1. The van der Waals surface area contributed by atoms with Gasteiger partial charge in [-0.05, 0) is 30.7 Å². The number of carbonyl (C=O) groups excluding carboxylic acids is 1. The number of benzene rings is 1. The van der Waals surface area contributed by atoms with Crippen LogP contribution < -0.4 is 10.9 Å². The van der Waals surface area contributed by atoms with Crippen molar-refractivity contribution >= 4 is 17.3 Å². The molecule has 0 bridgehead atoms. The maximum atomic E-state index is 12.4. The largest absolute Gasteiger partial charge is 0.319 e. The predicted octanol–water partition coefficient (Wildman–Crippen LogP) is 2.16. The maximum absolute atomic E-state index is 12.4. The molecule has 2 heterocycles. The highest BCUT2D eigenvalue weighted by Gasteiger charge is 2.18. The van der Waals surface area contributed by atoms with E-state index in [1.165, 1.54) is 18.2 Å². The van der Waals surface area contributed by atoms with Crippen LogP contribution in [-0.4, -0.2) is 25.6 Å². The lowest BCUT2D eigenvalue weighted by molar-refractivity contribution is -0.384. The topological polar surface area (TPSA) is 120 Å². The number of carbonyl (C=O) groups is 1. The molecule has 0 aliphatic heterocycles. The average molecular weight is 365 g/mol. The number of hydrogen-bond acceptors (Lipinski definition) is 6. The van der Waals surface area contributed by atoms with Crippen molar-refractivity contribution in [3.63, 3.8) is 0 Å². The fourth-order valence-electron chi connectivity index (χ4n) is 2.52. The molecular weight excluding hydrogens is 350 g/mol. The summed E-state index contributed by atoms with van der Waals surface area (Å²) in [5.41, 5.74) is 1.23. The van der Waals surface area contributed by atoms with E-state index in [4.69, 9.17) is 0 Å². The number of pyridine rings is 1. The van der Waals surface area contributed by atoms with Gasteiger partial charge in [-0.2, -0.15) is 5.10 Å². The first-order valence-corrected chi connectivity index (χ1v) is 7.98. The van der Waals surface area contributed by atoms with Crippen LogP contribution in [0.2, 0.25) is 0 Å². The number of nitro benzene ring substituents is 1. The number of hydrogen-bond donors (Lipinski definition) is 1. The number of anilines is 1. The molecule has 0 spiro atoms. The monoisotopic (exact) mass is 365 g/mol. The summed E-state index contributed by atoms with van der Waals surface area (Å²) in [7, 11) is 0. The SMILES string of the molecule is Cc1cccc([N+](=O)[O-])c1NC(=O)Cn1nc(-c2ccncc2)ccc1=O. The summed E-state index contributed by atoms with van der Waals surface area (Å²) in [5, 5.41) is 17.8. The molecule has 0 radical (unpaired) electrons. The van der Waals surface area contributed by atoms with Gasteiger partial charge in [0, 0.05) is 30.1 Å². The van der Waals surface area contributed by atoms with Crippen LogP contribution in [0.15, 0.2) is 59.7 Å². The normalized spacial score (nSPS) is 10.4. The van der Waals surface area contributed by atoms with Crippen LogP contribution in [0.25, 0.3) is 11.3 Å². The predicted molar refractivity (Wildman–Crippen MR) is 98.2 cm³/mol. The summed E-state index contributed by atoms with van der Waals surface area (Å²) < 4.78 is 1.01. The summed E-state index contributed by atoms with van der Waals surface area (Å²) in [4.78, 5) is 38.9. The van der Waals surface area contributed by atoms with Gasteiger partial charge in [0.05, 0.1) is 10.6 Å². The maximum Gasteiger partial charge on any atom is 0.293 e. The van der Waals surface area contributed by atoms with Crippen LogP contribution in [0.5, 0.6) is 0 Å². The molecule has 2 aromatic heterocycles. The Kier molecular flexibility index (Phi) is 5.02. The lowest BCUT2D eigenvalue weighted by atomic mass is 10.1. The molecule has 3 rings (SSSR count). The van der Waals surface area contributed by atoms with Gasteiger partial charge >= 0.3 is 0 Å². The third-order valence-electron chi connectivity index (χ3n) is 3.85. The number of aromatic nitrogens is 3. The minimum atomic E-state index is -0.589. The lowest BCUT2D eigenvalue weighted by Crippen LogP contribution is -2.29. The van der Waals surface area contributed by atoms with Gasteiger partial charge in [-0.1, -0.05) is 12.1 Å². The Balaban J connectivity index is 1.85. The summed E-state index contributed by atoms with van der Waals surface area (Å²) in [6.45, 7) is 1.28. The summed E-state index contributed by atoms with van der Waals surface area (Å²) >= 11 is 0. The molecule has 9 nitrogen and oxygen atoms in total. The number of nitrogens with one attached hydrogen (secondary N) is 1. The Morgan fingerprint density at radius 3 is 2.63 bits per heavy atom. The van der Waals surface area contributed by atoms with Gasteiger partial charge in [-0.25, -0.2) is 4.68 Å². The first-order chi connectivity index (χ1) is 13.0. The number of amides is 1. The second kappa shape index (κ2) is 7.56. The molecule has 0 unspecified atom stereocenters. The quantitative estimate of drug-likeness (QED) is 0.546. The van der Waals surface area contributed by atoms with E-state index >= 15 is 0 Å². The smallest absolute Gasteiger partial charge is 0.293 e. The van der Waals surface area contributed by atoms with Crippen molar-refractivity contribution in [3.8, 4) is 11.3 Å². The van der Waals surface area contributed by atoms with Crippen molar-refractivity contribution in [1.82, 2.24) is 14.8 Å². The van der Waals surface area contributed by atoms with Crippen molar-refractivity contribution < 1.29 is 9.72 Å². The van der Waals surface area contributed by atoms with Crippen LogP contribution in [0.1, 0.15) is 5.56 Å². The van der Waals surface area contributed by atoms with E-state index in [1.807, 2.05) is 0 Å². The van der Waals surface area contributed by atoms with E-state index in [1.54, 1.807) is 43.6 Å². The first kappa shape index (κ1) is 17.9. The fraction of sp³-hybridized carbons (Fsp3) is 0.111. The highest BCUT2D eigenvalue weighted by Crippen LogP contribution is 2.27. The van der Waals surface area contributed by atoms with Gasteiger partial charge in [0.15, 0.2) is 0 Å². The fourth-order valence-corrected chi connectivity index (χ4v) is 2.52. The van der Waals surface area contributed by atoms with Crippen molar-refractivity contribution in [2.75, 3.05) is 5.32 Å². The molecule has 0 saturated carbocycles. The Hall–Kier alpha value is -3.88. The molecule has 0 atom stereocenters. The third kappa shape index (κ3) is 4.03. The van der Waals surface area contributed by atoms with Gasteiger partial charge < -0.3 is 5.32 Å². The lowest BCUT2D eigenvalue weighted by Gasteiger charge is -2.10. The summed E-state index contributed by atoms with van der Waals surface area (Å²) in [5.74, 6) is -0.589. The molecule has 0 aliphatic rings. The van der Waals surface area contributed by atoms with Crippen LogP contribution in [0, 0.1) is 17.0 Å². The van der Waals surface area contributed by atoms with Crippen molar-refractivity contribution in [2.45, 2.75) is 13.5 Å². The van der Waals surface area contributed by atoms with E-state index in [2.05, 4.69) is 15.4 Å². The zero-order valence-corrected chi connectivity index (χ0v) is 14.3. The molecule has 0 fully saturated rings. The van der Waals surface area contributed by atoms with Crippen LogP contribution in [-0.2, 0) is 11.3 Å². The van der Waals surface area contributed by atoms with Gasteiger partial charge in [0.25, 0.3) is 11.2 Å². The first-order valence-electron chi connectivity index (χ1n) is 7.98. The van der Waals surface area contributed by atoms with E-state index in [0.717, 1.165) is 10.2 Å². The highest BCUT2D eigenvalue weighted by molar-refractivity contribution is 5.93. The Bertz CT molecular complexity index is 1060. The molecule has 9 heteroatoms. The highest BCUT2D eigenvalue weighted by atomic mass is 16.6. The van der Waals surface area contributed by atoms with Crippen molar-refractivity contribution in [3.05, 3.63) is 80.9 Å². The minimum absolute atomic E-state index is 0.103. The number of nitro groups is 1. The zero-order chi connectivity index (χ0) is 19.4. The van der Waals surface area contributed by atoms with Gasteiger partial charge in [0.1, 0.15) is 12.2 Å². The second-order valence-corrected chi connectivity index (χ2v) is 5.72. The third-order valence-corrected chi connectivity index (χ3v) is 3.85. The van der Waals surface area contributed by atoms with Crippen LogP contribution >= 0.6 is 0 Å². The summed E-state index contributed by atoms with van der Waals surface area (Å²) in [6, 6.07) is 10.8. The van der Waals surface area contributed by atoms with Gasteiger partial charge in [-0.15, -0.1) is 0 Å². The second-order valence-electron chi connectivity index (χ2n) is 5.72. The Morgan fingerprint density at radius 1 is 1.19 bits per heavy atom. The van der Waals surface area contributed by atoms with E-state index in [0.29, 0.717) is 11.3 Å².